The molecule has 0 fully saturated rings. The summed E-state index contributed by atoms with van der Waals surface area (Å²) < 4.78 is 4.93. The van der Waals surface area contributed by atoms with Crippen molar-refractivity contribution < 1.29 is 14.3 Å². The summed E-state index contributed by atoms with van der Waals surface area (Å²) in [7, 11) is 1.40. The molecule has 0 aliphatic rings. The maximum absolute atomic E-state index is 12.6. The average molecular weight is 547 g/mol. The van der Waals surface area contributed by atoms with E-state index >= 15 is 0 Å². The zero-order valence-electron chi connectivity index (χ0n) is 22.8. The smallest absolute Gasteiger partial charge is 0.328 e. The van der Waals surface area contributed by atoms with Gasteiger partial charge in [-0.15, -0.1) is 0 Å². The molecule has 0 aromatic rings. The standard InChI is InChI=1S/C29H56BrNO3/c1-4-6-8-10-12-14-16-18-20-22-24-26(30)28(32)31-27(29(33)34-3)25-23-21-19-17-15-13-11-9-7-5-2/h26-27H,4-25H2,1-3H3,(H,31,32). The Hall–Kier alpha value is -0.580. The molecule has 1 amide bonds. The van der Waals surface area contributed by atoms with Crippen molar-refractivity contribution in [1.82, 2.24) is 5.32 Å². The van der Waals surface area contributed by atoms with Crippen LogP contribution < -0.4 is 5.32 Å². The molecule has 4 nitrogen and oxygen atoms in total. The van der Waals surface area contributed by atoms with Crippen molar-refractivity contribution in [2.75, 3.05) is 7.11 Å². The van der Waals surface area contributed by atoms with E-state index in [9.17, 15) is 9.59 Å². The van der Waals surface area contributed by atoms with Crippen LogP contribution in [0.2, 0.25) is 0 Å². The van der Waals surface area contributed by atoms with Gasteiger partial charge < -0.3 is 10.1 Å². The van der Waals surface area contributed by atoms with E-state index in [0.29, 0.717) is 6.42 Å². The predicted octanol–water partition coefficient (Wildman–Crippen LogP) is 9.03. The molecule has 5 heteroatoms. The Labute approximate surface area is 220 Å². The summed E-state index contributed by atoms with van der Waals surface area (Å²) in [5.74, 6) is -0.415. The van der Waals surface area contributed by atoms with E-state index < -0.39 is 6.04 Å². The zero-order valence-corrected chi connectivity index (χ0v) is 24.4. The maximum Gasteiger partial charge on any atom is 0.328 e. The second-order valence-electron chi connectivity index (χ2n) is 9.99. The van der Waals surface area contributed by atoms with Crippen molar-refractivity contribution in [2.24, 2.45) is 0 Å². The highest BCUT2D eigenvalue weighted by molar-refractivity contribution is 9.10. The fraction of sp³-hybridized carbons (Fsp3) is 0.931. The third-order valence-corrected chi connectivity index (χ3v) is 7.62. The van der Waals surface area contributed by atoms with Crippen LogP contribution in [0.15, 0.2) is 0 Å². The molecular weight excluding hydrogens is 490 g/mol. The van der Waals surface area contributed by atoms with E-state index in [1.807, 2.05) is 0 Å². The van der Waals surface area contributed by atoms with Crippen molar-refractivity contribution in [3.05, 3.63) is 0 Å². The Balaban J connectivity index is 3.90. The van der Waals surface area contributed by atoms with Gasteiger partial charge in [0.1, 0.15) is 6.04 Å². The molecular formula is C29H56BrNO3. The molecule has 0 aromatic heterocycles. The number of hydrogen-bond donors (Lipinski definition) is 1. The molecule has 202 valence electrons. The Kier molecular flexibility index (Phi) is 25.1. The number of amides is 1. The molecule has 0 saturated heterocycles. The van der Waals surface area contributed by atoms with Crippen LogP contribution in [-0.2, 0) is 14.3 Å². The molecule has 0 rings (SSSR count). The molecule has 0 spiro atoms. The first kappa shape index (κ1) is 33.4. The third-order valence-electron chi connectivity index (χ3n) is 6.74. The Morgan fingerprint density at radius 2 is 0.971 bits per heavy atom. The summed E-state index contributed by atoms with van der Waals surface area (Å²) in [4.78, 5) is 24.5. The largest absolute Gasteiger partial charge is 0.467 e. The highest BCUT2D eigenvalue weighted by Gasteiger charge is 2.24. The number of hydrogen-bond acceptors (Lipinski definition) is 3. The number of nitrogens with one attached hydrogen (secondary N) is 1. The molecule has 1 N–H and O–H groups in total. The van der Waals surface area contributed by atoms with E-state index in [0.717, 1.165) is 25.7 Å². The first-order chi connectivity index (χ1) is 16.6. The van der Waals surface area contributed by atoms with Gasteiger partial charge in [-0.05, 0) is 12.8 Å². The van der Waals surface area contributed by atoms with E-state index in [2.05, 4.69) is 35.1 Å². The van der Waals surface area contributed by atoms with Gasteiger partial charge in [0, 0.05) is 0 Å². The zero-order chi connectivity index (χ0) is 25.3. The summed E-state index contributed by atoms with van der Waals surface area (Å²) in [6, 6.07) is -0.528. The van der Waals surface area contributed by atoms with Crippen molar-refractivity contribution in [3.63, 3.8) is 0 Å². The minimum Gasteiger partial charge on any atom is -0.467 e. The normalized spacial score (nSPS) is 12.9. The molecule has 0 aliphatic heterocycles. The number of halogens is 1. The number of carbonyl (C=O) groups excluding carboxylic acids is 2. The van der Waals surface area contributed by atoms with Gasteiger partial charge in [-0.3, -0.25) is 4.79 Å². The summed E-state index contributed by atoms with van der Waals surface area (Å²) in [6.07, 6.45) is 26.9. The van der Waals surface area contributed by atoms with Crippen molar-refractivity contribution in [2.45, 2.75) is 166 Å². The molecule has 0 aliphatic carbocycles. The van der Waals surface area contributed by atoms with Gasteiger partial charge >= 0.3 is 5.97 Å². The van der Waals surface area contributed by atoms with Crippen LogP contribution in [0.25, 0.3) is 0 Å². The summed E-state index contributed by atoms with van der Waals surface area (Å²) in [6.45, 7) is 4.51. The van der Waals surface area contributed by atoms with E-state index in [1.54, 1.807) is 0 Å². The molecule has 0 aromatic carbocycles. The fourth-order valence-electron chi connectivity index (χ4n) is 4.43. The van der Waals surface area contributed by atoms with E-state index in [4.69, 9.17) is 4.74 Å². The highest BCUT2D eigenvalue weighted by Crippen LogP contribution is 2.16. The Morgan fingerprint density at radius 3 is 1.35 bits per heavy atom. The van der Waals surface area contributed by atoms with Crippen LogP contribution in [0.1, 0.15) is 155 Å². The van der Waals surface area contributed by atoms with Crippen molar-refractivity contribution in [1.29, 1.82) is 0 Å². The molecule has 2 atom stereocenters. The van der Waals surface area contributed by atoms with Gasteiger partial charge in [-0.1, -0.05) is 158 Å². The monoisotopic (exact) mass is 545 g/mol. The number of unbranched alkanes of at least 4 members (excludes halogenated alkanes) is 18. The van der Waals surface area contributed by atoms with Crippen molar-refractivity contribution >= 4 is 27.8 Å². The summed E-state index contributed by atoms with van der Waals surface area (Å²) in [5.41, 5.74) is 0. The average Bonchev–Trinajstić information content (AvgIpc) is 2.84. The number of rotatable bonds is 25. The van der Waals surface area contributed by atoms with Crippen LogP contribution in [-0.4, -0.2) is 29.9 Å². The van der Waals surface area contributed by atoms with Crippen LogP contribution in [0.3, 0.4) is 0 Å². The minimum absolute atomic E-state index is 0.0848. The Bertz CT molecular complexity index is 472. The van der Waals surface area contributed by atoms with Gasteiger partial charge in [-0.2, -0.15) is 0 Å². The minimum atomic E-state index is -0.528. The van der Waals surface area contributed by atoms with Crippen LogP contribution in [0.5, 0.6) is 0 Å². The second-order valence-corrected chi connectivity index (χ2v) is 11.1. The summed E-state index contributed by atoms with van der Waals surface area (Å²) >= 11 is 3.53. The predicted molar refractivity (Wildman–Crippen MR) is 150 cm³/mol. The lowest BCUT2D eigenvalue weighted by Crippen LogP contribution is -2.44. The molecule has 0 bridgehead atoms. The van der Waals surface area contributed by atoms with Gasteiger partial charge in [0.2, 0.25) is 5.91 Å². The molecule has 0 heterocycles. The third kappa shape index (κ3) is 20.8. The van der Waals surface area contributed by atoms with Gasteiger partial charge in [0.15, 0.2) is 0 Å². The van der Waals surface area contributed by atoms with Gasteiger partial charge in [-0.25, -0.2) is 4.79 Å². The van der Waals surface area contributed by atoms with E-state index in [1.165, 1.54) is 116 Å². The lowest BCUT2D eigenvalue weighted by molar-refractivity contribution is -0.145. The van der Waals surface area contributed by atoms with Crippen LogP contribution in [0.4, 0.5) is 0 Å². The first-order valence-electron chi connectivity index (χ1n) is 14.6. The number of carbonyl (C=O) groups is 2. The van der Waals surface area contributed by atoms with Gasteiger partial charge in [0.05, 0.1) is 11.9 Å². The highest BCUT2D eigenvalue weighted by atomic mass is 79.9. The quantitative estimate of drug-likeness (QED) is 0.0706. The lowest BCUT2D eigenvalue weighted by atomic mass is 10.0. The van der Waals surface area contributed by atoms with Crippen LogP contribution >= 0.6 is 15.9 Å². The molecule has 0 radical (unpaired) electrons. The first-order valence-corrected chi connectivity index (χ1v) is 15.5. The van der Waals surface area contributed by atoms with Crippen LogP contribution in [0, 0.1) is 0 Å². The maximum atomic E-state index is 12.6. The number of methoxy groups -OCH3 is 1. The number of esters is 1. The summed E-state index contributed by atoms with van der Waals surface area (Å²) in [5, 5.41) is 2.92. The Morgan fingerprint density at radius 1 is 0.618 bits per heavy atom. The topological polar surface area (TPSA) is 55.4 Å². The van der Waals surface area contributed by atoms with E-state index in [-0.39, 0.29) is 16.7 Å². The number of alkyl halides is 1. The molecule has 0 saturated carbocycles. The molecule has 2 unspecified atom stereocenters. The van der Waals surface area contributed by atoms with Crippen molar-refractivity contribution in [3.8, 4) is 0 Å². The van der Waals surface area contributed by atoms with Gasteiger partial charge in [0.25, 0.3) is 0 Å². The SMILES string of the molecule is CCCCCCCCCCCCC(Br)C(=O)NC(CCCCCCCCCCCC)C(=O)OC. The lowest BCUT2D eigenvalue weighted by Gasteiger charge is -2.18. The number of ether oxygens (including phenoxy) is 1. The second kappa shape index (κ2) is 25.5. The fourth-order valence-corrected chi connectivity index (χ4v) is 4.89. The molecule has 34 heavy (non-hydrogen) atoms.